The molecule has 1 atom stereocenters. The molecule has 14 heavy (non-hydrogen) atoms. The summed E-state index contributed by atoms with van der Waals surface area (Å²) < 4.78 is 5.58. The summed E-state index contributed by atoms with van der Waals surface area (Å²) >= 11 is 0. The highest BCUT2D eigenvalue weighted by atomic mass is 16.5. The van der Waals surface area contributed by atoms with Gasteiger partial charge in [0.2, 0.25) is 0 Å². The molecule has 0 aliphatic heterocycles. The Morgan fingerprint density at radius 2 is 1.71 bits per heavy atom. The van der Waals surface area contributed by atoms with Crippen LogP contribution in [-0.2, 0) is 0 Å². The Kier molecular flexibility index (Phi) is 3.75. The van der Waals surface area contributed by atoms with E-state index in [1.807, 2.05) is 19.1 Å². The molecule has 0 aliphatic carbocycles. The van der Waals surface area contributed by atoms with Crippen LogP contribution in [0.1, 0.15) is 32.3 Å². The molecule has 0 bridgehead atoms. The van der Waals surface area contributed by atoms with Crippen LogP contribution in [0.3, 0.4) is 0 Å². The van der Waals surface area contributed by atoms with Crippen LogP contribution in [0.15, 0.2) is 36.9 Å². The van der Waals surface area contributed by atoms with Crippen molar-refractivity contribution in [1.29, 1.82) is 0 Å². The molecule has 0 radical (unpaired) electrons. The molecule has 76 valence electrons. The van der Waals surface area contributed by atoms with Gasteiger partial charge in [0.15, 0.2) is 0 Å². The third kappa shape index (κ3) is 2.91. The molecule has 1 aromatic rings. The Morgan fingerprint density at radius 1 is 1.14 bits per heavy atom. The van der Waals surface area contributed by atoms with E-state index in [1.165, 1.54) is 5.56 Å². The van der Waals surface area contributed by atoms with E-state index in [9.17, 15) is 0 Å². The van der Waals surface area contributed by atoms with E-state index in [1.54, 1.807) is 6.08 Å². The van der Waals surface area contributed by atoms with Crippen LogP contribution < -0.4 is 4.74 Å². The number of hydrogen-bond acceptors (Lipinski definition) is 1. The molecule has 0 amide bonds. The summed E-state index contributed by atoms with van der Waals surface area (Å²) in [6, 6.07) is 8.23. The Labute approximate surface area is 86.4 Å². The molecule has 0 N–H and O–H groups in total. The lowest BCUT2D eigenvalue weighted by molar-refractivity contribution is 0.270. The fraction of sp³-hybridized carbons (Fsp3) is 0.385. The average Bonchev–Trinajstić information content (AvgIpc) is 2.18. The first-order valence-corrected chi connectivity index (χ1v) is 5.02. The summed E-state index contributed by atoms with van der Waals surface area (Å²) in [6.07, 6.45) is 1.86. The van der Waals surface area contributed by atoms with E-state index in [-0.39, 0.29) is 6.10 Å². The number of ether oxygens (including phenoxy) is 1. The van der Waals surface area contributed by atoms with Crippen molar-refractivity contribution in [2.45, 2.75) is 32.8 Å². The molecule has 0 heterocycles. The molecule has 0 spiro atoms. The highest BCUT2D eigenvalue weighted by Gasteiger charge is 2.01. The van der Waals surface area contributed by atoms with Gasteiger partial charge >= 0.3 is 0 Å². The molecular formula is C13H18O. The highest BCUT2D eigenvalue weighted by Crippen LogP contribution is 2.19. The smallest absolute Gasteiger partial charge is 0.120 e. The molecule has 0 aliphatic rings. The zero-order chi connectivity index (χ0) is 10.6. The summed E-state index contributed by atoms with van der Waals surface area (Å²) in [4.78, 5) is 0. The molecule has 1 heteroatoms. The van der Waals surface area contributed by atoms with Crippen LogP contribution in [0, 0.1) is 0 Å². The standard InChI is InChI=1S/C13H18O/c1-5-11(4)14-13-8-6-12(7-9-13)10(2)3/h5-11H,1H2,2-4H3. The first-order chi connectivity index (χ1) is 6.63. The van der Waals surface area contributed by atoms with E-state index in [0.717, 1.165) is 5.75 Å². The van der Waals surface area contributed by atoms with Gasteiger partial charge in [0, 0.05) is 0 Å². The molecular weight excluding hydrogens is 172 g/mol. The van der Waals surface area contributed by atoms with Crippen LogP contribution in [0.5, 0.6) is 5.75 Å². The van der Waals surface area contributed by atoms with Crippen LogP contribution in [0.4, 0.5) is 0 Å². The monoisotopic (exact) mass is 190 g/mol. The van der Waals surface area contributed by atoms with Gasteiger partial charge in [-0.2, -0.15) is 0 Å². The zero-order valence-corrected chi connectivity index (χ0v) is 9.16. The molecule has 1 nitrogen and oxygen atoms in total. The van der Waals surface area contributed by atoms with Gasteiger partial charge in [-0.25, -0.2) is 0 Å². The Balaban J connectivity index is 2.68. The Hall–Kier alpha value is -1.24. The zero-order valence-electron chi connectivity index (χ0n) is 9.16. The van der Waals surface area contributed by atoms with Crippen molar-refractivity contribution in [3.05, 3.63) is 42.5 Å². The van der Waals surface area contributed by atoms with Crippen molar-refractivity contribution in [2.24, 2.45) is 0 Å². The third-order valence-electron chi connectivity index (χ3n) is 2.20. The second-order valence-electron chi connectivity index (χ2n) is 3.78. The van der Waals surface area contributed by atoms with Crippen molar-refractivity contribution in [2.75, 3.05) is 0 Å². The maximum atomic E-state index is 5.58. The van der Waals surface area contributed by atoms with Crippen molar-refractivity contribution in [1.82, 2.24) is 0 Å². The first kappa shape index (κ1) is 10.8. The van der Waals surface area contributed by atoms with Gasteiger partial charge in [-0.15, -0.1) is 0 Å². The molecule has 0 aromatic heterocycles. The van der Waals surface area contributed by atoms with Gasteiger partial charge in [0.25, 0.3) is 0 Å². The minimum atomic E-state index is 0.0694. The minimum absolute atomic E-state index is 0.0694. The summed E-state index contributed by atoms with van der Waals surface area (Å²) in [5, 5.41) is 0. The fourth-order valence-corrected chi connectivity index (χ4v) is 1.19. The van der Waals surface area contributed by atoms with Crippen LogP contribution in [-0.4, -0.2) is 6.10 Å². The first-order valence-electron chi connectivity index (χ1n) is 5.02. The van der Waals surface area contributed by atoms with Crippen LogP contribution in [0.25, 0.3) is 0 Å². The van der Waals surface area contributed by atoms with Gasteiger partial charge in [-0.3, -0.25) is 0 Å². The third-order valence-corrected chi connectivity index (χ3v) is 2.20. The summed E-state index contributed by atoms with van der Waals surface area (Å²) in [5.41, 5.74) is 1.34. The van der Waals surface area contributed by atoms with Gasteiger partial charge in [-0.1, -0.05) is 38.6 Å². The fourth-order valence-electron chi connectivity index (χ4n) is 1.19. The van der Waals surface area contributed by atoms with Gasteiger partial charge < -0.3 is 4.74 Å². The number of benzene rings is 1. The summed E-state index contributed by atoms with van der Waals surface area (Å²) in [7, 11) is 0. The summed E-state index contributed by atoms with van der Waals surface area (Å²) in [5.74, 6) is 1.47. The number of hydrogen-bond donors (Lipinski definition) is 0. The lowest BCUT2D eigenvalue weighted by Crippen LogP contribution is -2.07. The molecule has 1 rings (SSSR count). The lowest BCUT2D eigenvalue weighted by atomic mass is 10.0. The quantitative estimate of drug-likeness (QED) is 0.657. The average molecular weight is 190 g/mol. The van der Waals surface area contributed by atoms with E-state index in [2.05, 4.69) is 32.6 Å². The predicted molar refractivity (Wildman–Crippen MR) is 60.8 cm³/mol. The minimum Gasteiger partial charge on any atom is -0.487 e. The lowest BCUT2D eigenvalue weighted by Gasteiger charge is -2.11. The molecule has 0 saturated heterocycles. The van der Waals surface area contributed by atoms with Crippen LogP contribution >= 0.6 is 0 Å². The molecule has 1 aromatic carbocycles. The largest absolute Gasteiger partial charge is 0.487 e. The van der Waals surface area contributed by atoms with Gasteiger partial charge in [0.05, 0.1) is 0 Å². The highest BCUT2D eigenvalue weighted by molar-refractivity contribution is 5.29. The molecule has 1 unspecified atom stereocenters. The Bertz CT molecular complexity index is 285. The van der Waals surface area contributed by atoms with E-state index in [0.29, 0.717) is 5.92 Å². The van der Waals surface area contributed by atoms with Crippen molar-refractivity contribution >= 4 is 0 Å². The van der Waals surface area contributed by atoms with E-state index >= 15 is 0 Å². The van der Waals surface area contributed by atoms with Gasteiger partial charge in [-0.05, 0) is 30.5 Å². The van der Waals surface area contributed by atoms with Gasteiger partial charge in [0.1, 0.15) is 11.9 Å². The maximum absolute atomic E-state index is 5.58. The maximum Gasteiger partial charge on any atom is 0.120 e. The van der Waals surface area contributed by atoms with Crippen molar-refractivity contribution in [3.63, 3.8) is 0 Å². The molecule has 0 saturated carbocycles. The van der Waals surface area contributed by atoms with E-state index in [4.69, 9.17) is 4.74 Å². The normalized spacial score (nSPS) is 12.6. The Morgan fingerprint density at radius 3 is 2.14 bits per heavy atom. The second kappa shape index (κ2) is 4.85. The van der Waals surface area contributed by atoms with Crippen molar-refractivity contribution < 1.29 is 4.74 Å². The second-order valence-corrected chi connectivity index (χ2v) is 3.78. The number of rotatable bonds is 4. The van der Waals surface area contributed by atoms with Crippen LogP contribution in [0.2, 0.25) is 0 Å². The predicted octanol–water partition coefficient (Wildman–Crippen LogP) is 3.76. The SMILES string of the molecule is C=CC(C)Oc1ccc(C(C)C)cc1. The molecule has 0 fully saturated rings. The van der Waals surface area contributed by atoms with Crippen molar-refractivity contribution in [3.8, 4) is 5.75 Å². The van der Waals surface area contributed by atoms with E-state index < -0.39 is 0 Å². The summed E-state index contributed by atoms with van der Waals surface area (Å²) in [6.45, 7) is 10.0. The topological polar surface area (TPSA) is 9.23 Å².